The summed E-state index contributed by atoms with van der Waals surface area (Å²) < 4.78 is 4.66. The SMILES string of the molecule is Cc1cccc(N=NOC2=C(O)C(=O)OC2C(O)CO)c1. The van der Waals surface area contributed by atoms with Crippen LogP contribution in [0.5, 0.6) is 0 Å². The Labute approximate surface area is 119 Å². The summed E-state index contributed by atoms with van der Waals surface area (Å²) in [5.41, 5.74) is 1.49. The number of carbonyl (C=O) groups is 1. The van der Waals surface area contributed by atoms with Gasteiger partial charge in [-0.3, -0.25) is 0 Å². The topological polar surface area (TPSA) is 121 Å². The first-order valence-corrected chi connectivity index (χ1v) is 6.10. The van der Waals surface area contributed by atoms with Crippen LogP contribution in [0, 0.1) is 6.92 Å². The lowest BCUT2D eigenvalue weighted by atomic mass is 10.2. The van der Waals surface area contributed by atoms with Gasteiger partial charge in [-0.25, -0.2) is 4.79 Å². The number of carbonyl (C=O) groups excluding carboxylic acids is 1. The lowest BCUT2D eigenvalue weighted by Gasteiger charge is -2.15. The van der Waals surface area contributed by atoms with Crippen molar-refractivity contribution in [3.8, 4) is 0 Å². The molecule has 21 heavy (non-hydrogen) atoms. The van der Waals surface area contributed by atoms with Crippen LogP contribution < -0.4 is 0 Å². The summed E-state index contributed by atoms with van der Waals surface area (Å²) in [6.45, 7) is 1.21. The molecule has 2 rings (SSSR count). The number of rotatable bonds is 5. The minimum Gasteiger partial charge on any atom is -0.499 e. The molecule has 0 fully saturated rings. The van der Waals surface area contributed by atoms with Crippen LogP contribution in [0.2, 0.25) is 0 Å². The molecule has 1 heterocycles. The average Bonchev–Trinajstić information content (AvgIpc) is 2.75. The molecular weight excluding hydrogens is 280 g/mol. The minimum absolute atomic E-state index is 0.391. The molecule has 0 bridgehead atoms. The number of ether oxygens (including phenoxy) is 1. The molecule has 0 amide bonds. The van der Waals surface area contributed by atoms with Gasteiger partial charge in [0, 0.05) is 5.28 Å². The normalized spacial score (nSPS) is 20.0. The highest BCUT2D eigenvalue weighted by atomic mass is 16.7. The molecule has 0 saturated carbocycles. The van der Waals surface area contributed by atoms with Crippen LogP contribution in [0.4, 0.5) is 5.69 Å². The van der Waals surface area contributed by atoms with Crippen molar-refractivity contribution in [3.63, 3.8) is 0 Å². The van der Waals surface area contributed by atoms with E-state index in [1.54, 1.807) is 18.2 Å². The Morgan fingerprint density at radius 1 is 1.48 bits per heavy atom. The standard InChI is InChI=1S/C13H14N2O6/c1-7-3-2-4-8(5-7)14-15-21-12-10(18)13(19)20-11(12)9(17)6-16/h2-5,9,11,16-18H,6H2,1H3. The predicted octanol–water partition coefficient (Wildman–Crippen LogP) is 1.06. The third-order valence-electron chi connectivity index (χ3n) is 2.75. The van der Waals surface area contributed by atoms with E-state index in [-0.39, 0.29) is 0 Å². The second-order valence-electron chi connectivity index (χ2n) is 4.40. The largest absolute Gasteiger partial charge is 0.499 e. The van der Waals surface area contributed by atoms with Crippen molar-refractivity contribution in [2.75, 3.05) is 6.61 Å². The maximum atomic E-state index is 11.2. The van der Waals surface area contributed by atoms with Gasteiger partial charge in [0.1, 0.15) is 6.10 Å². The molecule has 0 aromatic heterocycles. The van der Waals surface area contributed by atoms with Gasteiger partial charge in [-0.15, -0.1) is 5.11 Å². The highest BCUT2D eigenvalue weighted by molar-refractivity contribution is 5.89. The van der Waals surface area contributed by atoms with Gasteiger partial charge in [0.25, 0.3) is 0 Å². The van der Waals surface area contributed by atoms with Gasteiger partial charge in [-0.1, -0.05) is 12.1 Å². The zero-order chi connectivity index (χ0) is 15.4. The van der Waals surface area contributed by atoms with Gasteiger partial charge in [-0.05, 0) is 24.6 Å². The third-order valence-corrected chi connectivity index (χ3v) is 2.75. The maximum absolute atomic E-state index is 11.2. The highest BCUT2D eigenvalue weighted by Gasteiger charge is 2.41. The average molecular weight is 294 g/mol. The molecule has 1 aliphatic rings. The van der Waals surface area contributed by atoms with Crippen molar-refractivity contribution in [1.82, 2.24) is 0 Å². The molecule has 112 valence electrons. The van der Waals surface area contributed by atoms with Gasteiger partial charge in [0.15, 0.2) is 6.10 Å². The Hall–Kier alpha value is -2.45. The van der Waals surface area contributed by atoms with Crippen LogP contribution in [0.3, 0.4) is 0 Å². The Balaban J connectivity index is 2.11. The first kappa shape index (κ1) is 14.9. The number of hydrogen-bond donors (Lipinski definition) is 3. The molecule has 3 N–H and O–H groups in total. The summed E-state index contributed by atoms with van der Waals surface area (Å²) in [6.07, 6.45) is -2.75. The lowest BCUT2D eigenvalue weighted by Crippen LogP contribution is -2.32. The van der Waals surface area contributed by atoms with Crippen LogP contribution in [-0.2, 0) is 14.4 Å². The number of benzene rings is 1. The van der Waals surface area contributed by atoms with E-state index in [1.165, 1.54) is 0 Å². The number of hydrogen-bond acceptors (Lipinski definition) is 8. The number of esters is 1. The van der Waals surface area contributed by atoms with Crippen molar-refractivity contribution in [2.24, 2.45) is 10.4 Å². The van der Waals surface area contributed by atoms with Crippen LogP contribution in [0.25, 0.3) is 0 Å². The molecule has 0 radical (unpaired) electrons. The lowest BCUT2D eigenvalue weighted by molar-refractivity contribution is -0.148. The summed E-state index contributed by atoms with van der Waals surface area (Å²) in [5, 5.41) is 35.0. The van der Waals surface area contributed by atoms with Crippen LogP contribution in [0.1, 0.15) is 5.56 Å². The maximum Gasteiger partial charge on any atom is 0.378 e. The van der Waals surface area contributed by atoms with Gasteiger partial charge < -0.3 is 24.9 Å². The molecule has 0 spiro atoms. The van der Waals surface area contributed by atoms with E-state index in [1.807, 2.05) is 13.0 Å². The number of nitrogens with zero attached hydrogens (tertiary/aromatic N) is 2. The number of cyclic esters (lactones) is 1. The molecule has 8 nitrogen and oxygen atoms in total. The van der Waals surface area contributed by atoms with Gasteiger partial charge in [-0.2, -0.15) is 0 Å². The van der Waals surface area contributed by atoms with E-state index in [0.29, 0.717) is 5.69 Å². The van der Waals surface area contributed by atoms with Crippen molar-refractivity contribution >= 4 is 11.7 Å². The number of aliphatic hydroxyl groups excluding tert-OH is 3. The van der Waals surface area contributed by atoms with Gasteiger partial charge in [0.2, 0.25) is 11.5 Å². The minimum atomic E-state index is -1.43. The quantitative estimate of drug-likeness (QED) is 0.424. The smallest absolute Gasteiger partial charge is 0.378 e. The fourth-order valence-corrected chi connectivity index (χ4v) is 1.71. The molecule has 1 aliphatic heterocycles. The highest BCUT2D eigenvalue weighted by Crippen LogP contribution is 2.25. The van der Waals surface area contributed by atoms with E-state index in [4.69, 9.17) is 9.94 Å². The Bertz CT molecular complexity index is 598. The van der Waals surface area contributed by atoms with Crippen molar-refractivity contribution in [3.05, 3.63) is 41.3 Å². The number of aliphatic hydroxyl groups is 3. The summed E-state index contributed by atoms with van der Waals surface area (Å²) in [6, 6.07) is 7.09. The molecule has 0 aliphatic carbocycles. The predicted molar refractivity (Wildman–Crippen MR) is 69.4 cm³/mol. The molecule has 8 heteroatoms. The molecule has 0 saturated heterocycles. The van der Waals surface area contributed by atoms with Crippen LogP contribution in [-0.4, -0.2) is 40.1 Å². The summed E-state index contributed by atoms with van der Waals surface area (Å²) in [4.78, 5) is 16.1. The molecule has 1 aromatic rings. The van der Waals surface area contributed by atoms with Crippen molar-refractivity contribution in [1.29, 1.82) is 0 Å². The van der Waals surface area contributed by atoms with Gasteiger partial charge >= 0.3 is 5.97 Å². The Morgan fingerprint density at radius 2 is 2.24 bits per heavy atom. The van der Waals surface area contributed by atoms with Crippen LogP contribution >= 0.6 is 0 Å². The monoisotopic (exact) mass is 294 g/mol. The van der Waals surface area contributed by atoms with Crippen molar-refractivity contribution < 1.29 is 29.7 Å². The van der Waals surface area contributed by atoms with E-state index < -0.39 is 36.3 Å². The fraction of sp³-hybridized carbons (Fsp3) is 0.308. The summed E-state index contributed by atoms with van der Waals surface area (Å²) in [5.74, 6) is -2.26. The van der Waals surface area contributed by atoms with E-state index in [2.05, 4.69) is 15.1 Å². The zero-order valence-electron chi connectivity index (χ0n) is 11.1. The Kier molecular flexibility index (Phi) is 4.51. The van der Waals surface area contributed by atoms with E-state index in [0.717, 1.165) is 5.56 Å². The molecular formula is C13H14N2O6. The summed E-state index contributed by atoms with van der Waals surface area (Å²) in [7, 11) is 0. The second-order valence-corrected chi connectivity index (χ2v) is 4.40. The van der Waals surface area contributed by atoms with Gasteiger partial charge in [0.05, 0.1) is 12.3 Å². The van der Waals surface area contributed by atoms with Crippen LogP contribution in [0.15, 0.2) is 46.2 Å². The number of aryl methyl sites for hydroxylation is 1. The first-order valence-electron chi connectivity index (χ1n) is 6.10. The molecule has 1 aromatic carbocycles. The Morgan fingerprint density at radius 3 is 2.90 bits per heavy atom. The van der Waals surface area contributed by atoms with E-state index >= 15 is 0 Å². The molecule has 2 unspecified atom stereocenters. The molecule has 2 atom stereocenters. The first-order chi connectivity index (χ1) is 10.0. The third kappa shape index (κ3) is 3.36. The van der Waals surface area contributed by atoms with E-state index in [9.17, 15) is 15.0 Å². The fourth-order valence-electron chi connectivity index (χ4n) is 1.71. The zero-order valence-corrected chi connectivity index (χ0v) is 11.1. The summed E-state index contributed by atoms with van der Waals surface area (Å²) >= 11 is 0. The van der Waals surface area contributed by atoms with Crippen molar-refractivity contribution in [2.45, 2.75) is 19.1 Å². The second kappa shape index (κ2) is 6.33.